The summed E-state index contributed by atoms with van der Waals surface area (Å²) in [5.41, 5.74) is 0.837. The first kappa shape index (κ1) is 15.8. The first-order chi connectivity index (χ1) is 10.2. The van der Waals surface area contributed by atoms with Crippen LogP contribution in [0.2, 0.25) is 0 Å². The molecule has 0 radical (unpaired) electrons. The number of benzene rings is 1. The maximum absolute atomic E-state index is 12.6. The largest absolute Gasteiger partial charge is 0.381 e. The molecule has 0 aliphatic carbocycles. The number of para-hydroxylation sites is 1. The third-order valence-corrected chi connectivity index (χ3v) is 3.71. The van der Waals surface area contributed by atoms with Crippen molar-refractivity contribution in [1.82, 2.24) is 9.80 Å². The Morgan fingerprint density at radius 3 is 2.48 bits per heavy atom. The molecular formula is C16H25N3O2. The van der Waals surface area contributed by atoms with Crippen LogP contribution in [-0.4, -0.2) is 62.3 Å². The maximum Gasteiger partial charge on any atom is 0.322 e. The Morgan fingerprint density at radius 1 is 1.19 bits per heavy atom. The number of nitrogens with one attached hydrogen (secondary N) is 1. The average molecular weight is 291 g/mol. The van der Waals surface area contributed by atoms with Crippen molar-refractivity contribution in [3.63, 3.8) is 0 Å². The number of carbonyl (C=O) groups is 1. The van der Waals surface area contributed by atoms with Crippen molar-refractivity contribution >= 4 is 11.7 Å². The fourth-order valence-corrected chi connectivity index (χ4v) is 2.47. The molecule has 0 unspecified atom stereocenters. The summed E-state index contributed by atoms with van der Waals surface area (Å²) < 4.78 is 5.40. The molecule has 0 aromatic heterocycles. The van der Waals surface area contributed by atoms with Crippen molar-refractivity contribution < 1.29 is 9.53 Å². The van der Waals surface area contributed by atoms with Crippen molar-refractivity contribution in [1.29, 1.82) is 0 Å². The molecule has 0 saturated carbocycles. The second-order valence-corrected chi connectivity index (χ2v) is 5.64. The Hall–Kier alpha value is -1.59. The molecule has 1 aliphatic heterocycles. The zero-order valence-electron chi connectivity index (χ0n) is 12.9. The number of urea groups is 1. The summed E-state index contributed by atoms with van der Waals surface area (Å²) in [6.45, 7) is 3.07. The Labute approximate surface area is 126 Å². The SMILES string of the molecule is CN(C)CCN(C(=O)Nc1ccccc1)C1CCOCC1. The fraction of sp³-hybridized carbons (Fsp3) is 0.562. The number of hydrogen-bond donors (Lipinski definition) is 1. The van der Waals surface area contributed by atoms with Crippen molar-refractivity contribution in [3.05, 3.63) is 30.3 Å². The highest BCUT2D eigenvalue weighted by atomic mass is 16.5. The van der Waals surface area contributed by atoms with E-state index in [1.165, 1.54) is 0 Å². The van der Waals surface area contributed by atoms with Crippen LogP contribution in [0.1, 0.15) is 12.8 Å². The van der Waals surface area contributed by atoms with Gasteiger partial charge in [0.15, 0.2) is 0 Å². The topological polar surface area (TPSA) is 44.8 Å². The van der Waals surface area contributed by atoms with E-state index in [-0.39, 0.29) is 12.1 Å². The van der Waals surface area contributed by atoms with E-state index in [4.69, 9.17) is 4.74 Å². The quantitative estimate of drug-likeness (QED) is 0.905. The van der Waals surface area contributed by atoms with Crippen LogP contribution in [0, 0.1) is 0 Å². The van der Waals surface area contributed by atoms with Gasteiger partial charge in [0.25, 0.3) is 0 Å². The lowest BCUT2D eigenvalue weighted by atomic mass is 10.1. The van der Waals surface area contributed by atoms with Gasteiger partial charge in [-0.15, -0.1) is 0 Å². The molecule has 1 saturated heterocycles. The molecule has 1 aliphatic rings. The van der Waals surface area contributed by atoms with Crippen molar-refractivity contribution in [2.75, 3.05) is 45.7 Å². The van der Waals surface area contributed by atoms with Crippen LogP contribution in [0.25, 0.3) is 0 Å². The van der Waals surface area contributed by atoms with Crippen LogP contribution in [0.3, 0.4) is 0 Å². The van der Waals surface area contributed by atoms with Gasteiger partial charge in [0.1, 0.15) is 0 Å². The van der Waals surface area contributed by atoms with Gasteiger partial charge in [-0.1, -0.05) is 18.2 Å². The fourth-order valence-electron chi connectivity index (χ4n) is 2.47. The zero-order valence-corrected chi connectivity index (χ0v) is 12.9. The minimum atomic E-state index is -0.0186. The van der Waals surface area contributed by atoms with E-state index < -0.39 is 0 Å². The first-order valence-corrected chi connectivity index (χ1v) is 7.52. The molecule has 0 bridgehead atoms. The molecule has 21 heavy (non-hydrogen) atoms. The Kier molecular flexibility index (Phi) is 6.02. The predicted molar refractivity (Wildman–Crippen MR) is 84.6 cm³/mol. The number of carbonyl (C=O) groups excluding carboxylic acids is 1. The molecule has 2 amide bonds. The van der Waals surface area contributed by atoms with E-state index in [2.05, 4.69) is 10.2 Å². The number of hydrogen-bond acceptors (Lipinski definition) is 3. The zero-order chi connectivity index (χ0) is 15.1. The van der Waals surface area contributed by atoms with Gasteiger partial charge in [-0.3, -0.25) is 0 Å². The minimum Gasteiger partial charge on any atom is -0.381 e. The van der Waals surface area contributed by atoms with Crippen molar-refractivity contribution in [2.45, 2.75) is 18.9 Å². The van der Waals surface area contributed by atoms with Crippen LogP contribution in [-0.2, 0) is 4.74 Å². The van der Waals surface area contributed by atoms with Gasteiger partial charge in [-0.25, -0.2) is 4.79 Å². The van der Waals surface area contributed by atoms with E-state index in [0.29, 0.717) is 0 Å². The molecule has 1 aromatic rings. The third kappa shape index (κ3) is 5.02. The van der Waals surface area contributed by atoms with Crippen LogP contribution in [0.5, 0.6) is 0 Å². The van der Waals surface area contributed by atoms with Crippen LogP contribution in [0.15, 0.2) is 30.3 Å². The van der Waals surface area contributed by atoms with E-state index in [9.17, 15) is 4.79 Å². The molecule has 1 heterocycles. The van der Waals surface area contributed by atoms with Crippen LogP contribution >= 0.6 is 0 Å². The standard InChI is InChI=1S/C16H25N3O2/c1-18(2)10-11-19(15-8-12-21-13-9-15)16(20)17-14-6-4-3-5-7-14/h3-7,15H,8-13H2,1-2H3,(H,17,20). The molecule has 2 rings (SSSR count). The van der Waals surface area contributed by atoms with Gasteiger partial charge in [0.2, 0.25) is 0 Å². The average Bonchev–Trinajstić information content (AvgIpc) is 2.49. The summed E-state index contributed by atoms with van der Waals surface area (Å²) in [6, 6.07) is 9.86. The highest BCUT2D eigenvalue weighted by molar-refractivity contribution is 5.89. The smallest absolute Gasteiger partial charge is 0.322 e. The van der Waals surface area contributed by atoms with E-state index in [1.807, 2.05) is 49.3 Å². The summed E-state index contributed by atoms with van der Waals surface area (Å²) in [6.07, 6.45) is 1.82. The summed E-state index contributed by atoms with van der Waals surface area (Å²) in [5.74, 6) is 0. The summed E-state index contributed by atoms with van der Waals surface area (Å²) in [7, 11) is 4.05. The summed E-state index contributed by atoms with van der Waals surface area (Å²) in [5, 5.41) is 2.99. The lowest BCUT2D eigenvalue weighted by Gasteiger charge is -2.35. The van der Waals surface area contributed by atoms with Gasteiger partial charge in [-0.05, 0) is 39.1 Å². The number of ether oxygens (including phenoxy) is 1. The molecular weight excluding hydrogens is 266 g/mol. The number of likely N-dealkylation sites (N-methyl/N-ethyl adjacent to an activating group) is 1. The monoisotopic (exact) mass is 291 g/mol. The molecule has 1 fully saturated rings. The Balaban J connectivity index is 2.00. The number of amides is 2. The number of anilines is 1. The lowest BCUT2D eigenvalue weighted by Crippen LogP contribution is -2.48. The second-order valence-electron chi connectivity index (χ2n) is 5.64. The molecule has 5 heteroatoms. The molecule has 0 spiro atoms. The van der Waals surface area contributed by atoms with Gasteiger partial charge in [0.05, 0.1) is 0 Å². The lowest BCUT2D eigenvalue weighted by molar-refractivity contribution is 0.0466. The van der Waals surface area contributed by atoms with Crippen molar-refractivity contribution in [2.24, 2.45) is 0 Å². The van der Waals surface area contributed by atoms with Gasteiger partial charge < -0.3 is 19.9 Å². The van der Waals surface area contributed by atoms with Gasteiger partial charge >= 0.3 is 6.03 Å². The van der Waals surface area contributed by atoms with Gasteiger partial charge in [-0.2, -0.15) is 0 Å². The van der Waals surface area contributed by atoms with E-state index in [0.717, 1.165) is 44.8 Å². The van der Waals surface area contributed by atoms with Crippen LogP contribution in [0.4, 0.5) is 10.5 Å². The highest BCUT2D eigenvalue weighted by Crippen LogP contribution is 2.16. The molecule has 5 nitrogen and oxygen atoms in total. The number of rotatable bonds is 5. The predicted octanol–water partition coefficient (Wildman–Crippen LogP) is 2.26. The number of nitrogens with zero attached hydrogens (tertiary/aromatic N) is 2. The summed E-state index contributed by atoms with van der Waals surface area (Å²) in [4.78, 5) is 16.6. The normalized spacial score (nSPS) is 16.0. The third-order valence-electron chi connectivity index (χ3n) is 3.71. The summed E-state index contributed by atoms with van der Waals surface area (Å²) >= 11 is 0. The van der Waals surface area contributed by atoms with Crippen molar-refractivity contribution in [3.8, 4) is 0 Å². The minimum absolute atomic E-state index is 0.0186. The Morgan fingerprint density at radius 2 is 1.86 bits per heavy atom. The highest BCUT2D eigenvalue weighted by Gasteiger charge is 2.25. The molecule has 0 atom stereocenters. The maximum atomic E-state index is 12.6. The molecule has 116 valence electrons. The van der Waals surface area contributed by atoms with Crippen LogP contribution < -0.4 is 5.32 Å². The molecule has 1 aromatic carbocycles. The first-order valence-electron chi connectivity index (χ1n) is 7.52. The Bertz CT molecular complexity index is 430. The van der Waals surface area contributed by atoms with E-state index in [1.54, 1.807) is 0 Å². The van der Waals surface area contributed by atoms with Gasteiger partial charge in [0, 0.05) is 38.0 Å². The molecule has 1 N–H and O–H groups in total. The van der Waals surface area contributed by atoms with E-state index >= 15 is 0 Å². The second kappa shape index (κ2) is 8.00.